The summed E-state index contributed by atoms with van der Waals surface area (Å²) < 4.78 is 16.2. The van der Waals surface area contributed by atoms with Crippen LogP contribution in [0.4, 0.5) is 5.69 Å². The number of fused-ring (bicyclic) bond motifs is 1. The van der Waals surface area contributed by atoms with Gasteiger partial charge < -0.3 is 19.2 Å². The van der Waals surface area contributed by atoms with Crippen molar-refractivity contribution in [2.45, 2.75) is 6.54 Å². The largest absolute Gasteiger partial charge is 0.486 e. The Labute approximate surface area is 138 Å². The van der Waals surface area contributed by atoms with E-state index in [-0.39, 0.29) is 12.5 Å². The highest BCUT2D eigenvalue weighted by Gasteiger charge is 2.17. The van der Waals surface area contributed by atoms with E-state index in [1.54, 1.807) is 18.4 Å². The molecule has 0 saturated heterocycles. The van der Waals surface area contributed by atoms with Gasteiger partial charge in [0.15, 0.2) is 11.5 Å². The molecule has 0 aliphatic carbocycles. The SMILES string of the molecule is CN(CC(=O)Nc1cc2c(cc1Cl)OCCO2)Cc1ccco1. The number of nitrogens with one attached hydrogen (secondary N) is 1. The Morgan fingerprint density at radius 3 is 2.74 bits per heavy atom. The van der Waals surface area contributed by atoms with Crippen LogP contribution in [0.3, 0.4) is 0 Å². The third kappa shape index (κ3) is 3.97. The summed E-state index contributed by atoms with van der Waals surface area (Å²) in [4.78, 5) is 14.0. The molecule has 3 rings (SSSR count). The molecule has 1 N–H and O–H groups in total. The summed E-state index contributed by atoms with van der Waals surface area (Å²) in [5.41, 5.74) is 0.507. The lowest BCUT2D eigenvalue weighted by Gasteiger charge is -2.20. The van der Waals surface area contributed by atoms with Crippen molar-refractivity contribution in [3.8, 4) is 11.5 Å². The zero-order chi connectivity index (χ0) is 16.2. The Morgan fingerprint density at radius 1 is 1.30 bits per heavy atom. The monoisotopic (exact) mass is 336 g/mol. The van der Waals surface area contributed by atoms with Crippen LogP contribution in [-0.2, 0) is 11.3 Å². The van der Waals surface area contributed by atoms with Gasteiger partial charge >= 0.3 is 0 Å². The molecule has 1 aliphatic rings. The highest BCUT2D eigenvalue weighted by atomic mass is 35.5. The summed E-state index contributed by atoms with van der Waals surface area (Å²) in [6, 6.07) is 7.02. The molecule has 0 saturated carbocycles. The van der Waals surface area contributed by atoms with Crippen molar-refractivity contribution in [3.05, 3.63) is 41.3 Å². The first-order chi connectivity index (χ1) is 11.1. The minimum absolute atomic E-state index is 0.169. The number of nitrogens with zero attached hydrogens (tertiary/aromatic N) is 1. The van der Waals surface area contributed by atoms with Crippen LogP contribution in [0.1, 0.15) is 5.76 Å². The first kappa shape index (κ1) is 15.7. The van der Waals surface area contributed by atoms with Crippen LogP contribution in [0, 0.1) is 0 Å². The summed E-state index contributed by atoms with van der Waals surface area (Å²) in [7, 11) is 1.84. The van der Waals surface area contributed by atoms with Gasteiger partial charge in [0.1, 0.15) is 19.0 Å². The van der Waals surface area contributed by atoms with Gasteiger partial charge in [-0.05, 0) is 19.2 Å². The van der Waals surface area contributed by atoms with E-state index < -0.39 is 0 Å². The second kappa shape index (κ2) is 6.93. The summed E-state index contributed by atoms with van der Waals surface area (Å²) >= 11 is 6.18. The van der Waals surface area contributed by atoms with E-state index in [2.05, 4.69) is 5.32 Å². The van der Waals surface area contributed by atoms with Gasteiger partial charge in [-0.1, -0.05) is 11.6 Å². The van der Waals surface area contributed by atoms with Gasteiger partial charge in [-0.2, -0.15) is 0 Å². The summed E-state index contributed by atoms with van der Waals surface area (Å²) in [6.07, 6.45) is 1.61. The topological polar surface area (TPSA) is 63.9 Å². The number of carbonyl (C=O) groups is 1. The van der Waals surface area contributed by atoms with Crippen LogP contribution in [-0.4, -0.2) is 37.6 Å². The predicted molar refractivity (Wildman–Crippen MR) is 86.1 cm³/mol. The lowest BCUT2D eigenvalue weighted by atomic mass is 10.2. The smallest absolute Gasteiger partial charge is 0.238 e. The van der Waals surface area contributed by atoms with Crippen molar-refractivity contribution in [2.24, 2.45) is 0 Å². The fourth-order valence-electron chi connectivity index (χ4n) is 2.32. The summed E-state index contributed by atoms with van der Waals surface area (Å²) in [6.45, 7) is 1.74. The molecule has 0 radical (unpaired) electrons. The second-order valence-electron chi connectivity index (χ2n) is 5.28. The zero-order valence-electron chi connectivity index (χ0n) is 12.7. The third-order valence-corrected chi connectivity index (χ3v) is 3.64. The normalized spacial score (nSPS) is 13.2. The number of amides is 1. The molecule has 2 heterocycles. The highest BCUT2D eigenvalue weighted by molar-refractivity contribution is 6.34. The van der Waals surface area contributed by atoms with Crippen molar-refractivity contribution in [1.29, 1.82) is 0 Å². The van der Waals surface area contributed by atoms with Gasteiger partial charge in [-0.3, -0.25) is 9.69 Å². The van der Waals surface area contributed by atoms with Gasteiger partial charge in [0.25, 0.3) is 0 Å². The van der Waals surface area contributed by atoms with E-state index >= 15 is 0 Å². The Bertz CT molecular complexity index is 688. The molecule has 1 aliphatic heterocycles. The molecule has 2 aromatic rings. The van der Waals surface area contributed by atoms with Crippen molar-refractivity contribution in [3.63, 3.8) is 0 Å². The van der Waals surface area contributed by atoms with Crippen molar-refractivity contribution < 1.29 is 18.7 Å². The minimum atomic E-state index is -0.169. The van der Waals surface area contributed by atoms with Gasteiger partial charge in [-0.15, -0.1) is 0 Å². The number of hydrogen-bond acceptors (Lipinski definition) is 5. The Morgan fingerprint density at radius 2 is 2.04 bits per heavy atom. The second-order valence-corrected chi connectivity index (χ2v) is 5.68. The number of likely N-dealkylation sites (N-methyl/N-ethyl adjacent to an activating group) is 1. The van der Waals surface area contributed by atoms with E-state index in [1.807, 2.05) is 24.1 Å². The van der Waals surface area contributed by atoms with E-state index in [4.69, 9.17) is 25.5 Å². The Kier molecular flexibility index (Phi) is 4.73. The predicted octanol–water partition coefficient (Wildman–Crippen LogP) is 2.77. The van der Waals surface area contributed by atoms with Crippen LogP contribution in [0.5, 0.6) is 11.5 Å². The molecule has 23 heavy (non-hydrogen) atoms. The van der Waals surface area contributed by atoms with Gasteiger partial charge in [0.2, 0.25) is 5.91 Å². The number of anilines is 1. The lowest BCUT2D eigenvalue weighted by Crippen LogP contribution is -2.29. The average molecular weight is 337 g/mol. The maximum Gasteiger partial charge on any atom is 0.238 e. The quantitative estimate of drug-likeness (QED) is 0.909. The van der Waals surface area contributed by atoms with E-state index in [9.17, 15) is 4.79 Å². The van der Waals surface area contributed by atoms with Crippen LogP contribution in [0.2, 0.25) is 5.02 Å². The van der Waals surface area contributed by atoms with Crippen molar-refractivity contribution in [1.82, 2.24) is 4.90 Å². The first-order valence-electron chi connectivity index (χ1n) is 7.22. The lowest BCUT2D eigenvalue weighted by molar-refractivity contribution is -0.117. The van der Waals surface area contributed by atoms with E-state index in [1.165, 1.54) is 0 Å². The first-order valence-corrected chi connectivity index (χ1v) is 7.59. The van der Waals surface area contributed by atoms with Crippen LogP contribution in [0.15, 0.2) is 34.9 Å². The minimum Gasteiger partial charge on any atom is -0.486 e. The molecule has 1 aromatic heterocycles. The molecule has 6 nitrogen and oxygen atoms in total. The molecule has 0 unspecified atom stereocenters. The van der Waals surface area contributed by atoms with Crippen molar-refractivity contribution >= 4 is 23.2 Å². The van der Waals surface area contributed by atoms with Gasteiger partial charge in [0, 0.05) is 12.1 Å². The summed E-state index contributed by atoms with van der Waals surface area (Å²) in [5.74, 6) is 1.81. The maximum absolute atomic E-state index is 12.2. The van der Waals surface area contributed by atoms with Gasteiger partial charge in [0.05, 0.1) is 30.1 Å². The highest BCUT2D eigenvalue weighted by Crippen LogP contribution is 2.37. The molecule has 122 valence electrons. The van der Waals surface area contributed by atoms with Crippen molar-refractivity contribution in [2.75, 3.05) is 32.1 Å². The molecule has 0 spiro atoms. The Hall–Kier alpha value is -2.18. The molecule has 0 bridgehead atoms. The number of rotatable bonds is 5. The molecule has 7 heteroatoms. The zero-order valence-corrected chi connectivity index (χ0v) is 13.4. The maximum atomic E-state index is 12.2. The Balaban J connectivity index is 1.61. The molecule has 1 amide bonds. The number of halogens is 1. The number of furan rings is 1. The molecule has 1 aromatic carbocycles. The standard InChI is InChI=1S/C16H17ClN2O4/c1-19(9-11-3-2-4-21-11)10-16(20)18-13-8-15-14(7-12(13)17)22-5-6-23-15/h2-4,7-8H,5-6,9-10H2,1H3,(H,18,20). The van der Waals surface area contributed by atoms with Gasteiger partial charge in [-0.25, -0.2) is 0 Å². The average Bonchev–Trinajstić information content (AvgIpc) is 3.00. The van der Waals surface area contributed by atoms with Crippen LogP contribution >= 0.6 is 11.6 Å². The summed E-state index contributed by atoms with van der Waals surface area (Å²) in [5, 5.41) is 3.21. The number of hydrogen-bond donors (Lipinski definition) is 1. The molecule has 0 fully saturated rings. The fraction of sp³-hybridized carbons (Fsp3) is 0.312. The van der Waals surface area contributed by atoms with E-state index in [0.717, 1.165) is 5.76 Å². The number of carbonyl (C=O) groups excluding carboxylic acids is 1. The molecular formula is C16H17ClN2O4. The third-order valence-electron chi connectivity index (χ3n) is 3.33. The van der Waals surface area contributed by atoms with E-state index in [0.29, 0.717) is 42.0 Å². The number of ether oxygens (including phenoxy) is 2. The van der Waals surface area contributed by atoms with Crippen LogP contribution < -0.4 is 14.8 Å². The fourth-order valence-corrected chi connectivity index (χ4v) is 2.52. The van der Waals surface area contributed by atoms with Crippen LogP contribution in [0.25, 0.3) is 0 Å². The number of benzene rings is 1. The molecule has 0 atom stereocenters. The molecular weight excluding hydrogens is 320 g/mol.